The molecular formula is C10H10FN3S. The smallest absolute Gasteiger partial charge is 0.183 e. The van der Waals surface area contributed by atoms with Crippen molar-refractivity contribution in [1.29, 1.82) is 5.26 Å². The van der Waals surface area contributed by atoms with Crippen molar-refractivity contribution in [2.75, 3.05) is 6.26 Å². The zero-order valence-electron chi connectivity index (χ0n) is 8.41. The largest absolute Gasteiger partial charge is 0.271 e. The van der Waals surface area contributed by atoms with Gasteiger partial charge in [0.15, 0.2) is 11.4 Å². The molecule has 0 aliphatic heterocycles. The summed E-state index contributed by atoms with van der Waals surface area (Å²) in [6, 6.07) is 4.56. The van der Waals surface area contributed by atoms with E-state index in [-0.39, 0.29) is 5.82 Å². The van der Waals surface area contributed by atoms with Gasteiger partial charge in [0, 0.05) is 0 Å². The van der Waals surface area contributed by atoms with Crippen LogP contribution in [-0.4, -0.2) is 11.4 Å². The van der Waals surface area contributed by atoms with E-state index in [1.165, 1.54) is 17.8 Å². The van der Waals surface area contributed by atoms with Crippen LogP contribution in [0.2, 0.25) is 0 Å². The Bertz CT molecular complexity index is 423. The first-order valence-corrected chi connectivity index (χ1v) is 5.43. The summed E-state index contributed by atoms with van der Waals surface area (Å²) in [4.78, 5) is 4.15. The summed E-state index contributed by atoms with van der Waals surface area (Å²) in [6.07, 6.45) is 3.59. The fraction of sp³-hybridized carbons (Fsp3) is 0.200. The molecule has 0 bridgehead atoms. The number of nitriles is 1. The van der Waals surface area contributed by atoms with E-state index in [1.807, 2.05) is 0 Å². The number of thioether (sulfide) groups is 1. The summed E-state index contributed by atoms with van der Waals surface area (Å²) in [7, 11) is 0. The van der Waals surface area contributed by atoms with E-state index in [1.54, 1.807) is 31.5 Å². The summed E-state index contributed by atoms with van der Waals surface area (Å²) in [5.74, 6) is -0.257. The maximum Gasteiger partial charge on any atom is 0.183 e. The summed E-state index contributed by atoms with van der Waals surface area (Å²) >= 11 is 1.32. The normalized spacial score (nSPS) is 10.9. The van der Waals surface area contributed by atoms with Crippen LogP contribution in [-0.2, 0) is 0 Å². The van der Waals surface area contributed by atoms with Gasteiger partial charge in [0.05, 0.1) is 5.69 Å². The third-order valence-electron chi connectivity index (χ3n) is 1.73. The fourth-order valence-corrected chi connectivity index (χ4v) is 1.33. The van der Waals surface area contributed by atoms with Gasteiger partial charge in [-0.15, -0.1) is 0 Å². The van der Waals surface area contributed by atoms with Gasteiger partial charge in [-0.3, -0.25) is 5.32 Å². The highest BCUT2D eigenvalue weighted by atomic mass is 32.2. The van der Waals surface area contributed by atoms with Gasteiger partial charge in [0.1, 0.15) is 5.82 Å². The summed E-state index contributed by atoms with van der Waals surface area (Å²) < 4.78 is 12.9. The van der Waals surface area contributed by atoms with Gasteiger partial charge >= 0.3 is 0 Å². The van der Waals surface area contributed by atoms with Gasteiger partial charge < -0.3 is 0 Å². The lowest BCUT2D eigenvalue weighted by Gasteiger charge is -2.01. The standard InChI is InChI=1S/C10H10FN3S/c1-7-5-8(3-4-9(7)11)14-10(15-2)13-6-12/h3-5H,1-2H3,(H,13,14). The number of aliphatic imine (C=N–C) groups is 1. The van der Waals surface area contributed by atoms with Crippen molar-refractivity contribution in [3.05, 3.63) is 29.6 Å². The molecule has 0 spiro atoms. The van der Waals surface area contributed by atoms with E-state index in [2.05, 4.69) is 10.3 Å². The Kier molecular flexibility index (Phi) is 4.13. The SMILES string of the molecule is CSC(=Nc1ccc(F)c(C)c1)NC#N. The molecule has 0 fully saturated rings. The molecule has 78 valence electrons. The van der Waals surface area contributed by atoms with Crippen molar-refractivity contribution in [2.24, 2.45) is 4.99 Å². The van der Waals surface area contributed by atoms with E-state index in [0.717, 1.165) is 0 Å². The number of hydrogen-bond acceptors (Lipinski definition) is 3. The van der Waals surface area contributed by atoms with Gasteiger partial charge in [0.2, 0.25) is 0 Å². The summed E-state index contributed by atoms with van der Waals surface area (Å²) in [5.41, 5.74) is 1.16. The van der Waals surface area contributed by atoms with Crippen molar-refractivity contribution in [3.8, 4) is 6.19 Å². The Hall–Kier alpha value is -1.54. The lowest BCUT2D eigenvalue weighted by atomic mass is 10.2. The third-order valence-corrected chi connectivity index (χ3v) is 2.31. The molecule has 0 aliphatic carbocycles. The Labute approximate surface area is 92.0 Å². The maximum atomic E-state index is 12.9. The minimum Gasteiger partial charge on any atom is -0.271 e. The molecular weight excluding hydrogens is 213 g/mol. The van der Waals surface area contributed by atoms with E-state index >= 15 is 0 Å². The quantitative estimate of drug-likeness (QED) is 0.344. The van der Waals surface area contributed by atoms with Gasteiger partial charge in [0.25, 0.3) is 0 Å². The fourth-order valence-electron chi connectivity index (χ4n) is 0.988. The molecule has 1 aromatic carbocycles. The van der Waals surface area contributed by atoms with Crippen LogP contribution in [0.25, 0.3) is 0 Å². The van der Waals surface area contributed by atoms with E-state index in [4.69, 9.17) is 5.26 Å². The first kappa shape index (κ1) is 11.5. The summed E-state index contributed by atoms with van der Waals surface area (Å²) in [5, 5.41) is 11.4. The second kappa shape index (κ2) is 5.37. The number of nitrogens with one attached hydrogen (secondary N) is 1. The maximum absolute atomic E-state index is 12.9. The number of aryl methyl sites for hydroxylation is 1. The van der Waals surface area contributed by atoms with Crippen molar-refractivity contribution in [1.82, 2.24) is 5.32 Å². The lowest BCUT2D eigenvalue weighted by Crippen LogP contribution is -2.12. The average Bonchev–Trinajstić information content (AvgIpc) is 2.23. The van der Waals surface area contributed by atoms with Crippen molar-refractivity contribution in [3.63, 3.8) is 0 Å². The van der Waals surface area contributed by atoms with Crippen LogP contribution in [0.4, 0.5) is 10.1 Å². The molecule has 1 rings (SSSR count). The molecule has 0 aliphatic rings. The molecule has 0 heterocycles. The number of rotatable bonds is 1. The van der Waals surface area contributed by atoms with Gasteiger partial charge in [-0.05, 0) is 36.9 Å². The molecule has 1 aromatic rings. The monoisotopic (exact) mass is 223 g/mol. The van der Waals surface area contributed by atoms with E-state index in [0.29, 0.717) is 16.4 Å². The predicted molar refractivity (Wildman–Crippen MR) is 60.5 cm³/mol. The van der Waals surface area contributed by atoms with Crippen LogP contribution in [0.1, 0.15) is 5.56 Å². The molecule has 0 saturated heterocycles. The predicted octanol–water partition coefficient (Wildman–Crippen LogP) is 2.56. The van der Waals surface area contributed by atoms with Gasteiger partial charge in [-0.25, -0.2) is 9.38 Å². The molecule has 5 heteroatoms. The topological polar surface area (TPSA) is 48.2 Å². The van der Waals surface area contributed by atoms with Crippen LogP contribution >= 0.6 is 11.8 Å². The first-order chi connectivity index (χ1) is 7.17. The first-order valence-electron chi connectivity index (χ1n) is 4.21. The van der Waals surface area contributed by atoms with Crippen LogP contribution < -0.4 is 5.32 Å². The molecule has 3 nitrogen and oxygen atoms in total. The molecule has 0 aromatic heterocycles. The van der Waals surface area contributed by atoms with Gasteiger partial charge in [-0.2, -0.15) is 5.26 Å². The molecule has 0 radical (unpaired) electrons. The highest BCUT2D eigenvalue weighted by Gasteiger charge is 1.99. The molecule has 0 saturated carbocycles. The van der Waals surface area contributed by atoms with E-state index < -0.39 is 0 Å². The van der Waals surface area contributed by atoms with Crippen LogP contribution in [0.5, 0.6) is 0 Å². The molecule has 0 atom stereocenters. The van der Waals surface area contributed by atoms with Crippen LogP contribution in [0.15, 0.2) is 23.2 Å². The van der Waals surface area contributed by atoms with Gasteiger partial charge in [-0.1, -0.05) is 11.8 Å². The Morgan fingerprint density at radius 1 is 1.60 bits per heavy atom. The zero-order valence-corrected chi connectivity index (χ0v) is 9.23. The second-order valence-corrected chi connectivity index (χ2v) is 3.59. The van der Waals surface area contributed by atoms with Crippen LogP contribution in [0, 0.1) is 24.2 Å². The highest BCUT2D eigenvalue weighted by Crippen LogP contribution is 2.17. The third kappa shape index (κ3) is 3.26. The summed E-state index contributed by atoms with van der Waals surface area (Å²) in [6.45, 7) is 1.67. The zero-order chi connectivity index (χ0) is 11.3. The second-order valence-electron chi connectivity index (χ2n) is 2.79. The molecule has 15 heavy (non-hydrogen) atoms. The lowest BCUT2D eigenvalue weighted by molar-refractivity contribution is 0.618. The van der Waals surface area contributed by atoms with Crippen LogP contribution in [0.3, 0.4) is 0 Å². The Morgan fingerprint density at radius 3 is 2.87 bits per heavy atom. The van der Waals surface area contributed by atoms with Crippen molar-refractivity contribution < 1.29 is 4.39 Å². The van der Waals surface area contributed by atoms with E-state index in [9.17, 15) is 4.39 Å². The molecule has 1 N–H and O–H groups in total. The number of halogens is 1. The number of hydrogen-bond donors (Lipinski definition) is 1. The number of nitrogens with zero attached hydrogens (tertiary/aromatic N) is 2. The minimum absolute atomic E-state index is 0.257. The molecule has 0 amide bonds. The number of amidine groups is 1. The highest BCUT2D eigenvalue weighted by molar-refractivity contribution is 8.13. The van der Waals surface area contributed by atoms with Crippen molar-refractivity contribution >= 4 is 22.6 Å². The molecule has 0 unspecified atom stereocenters. The Balaban J connectivity index is 2.97. The average molecular weight is 223 g/mol. The van der Waals surface area contributed by atoms with Crippen molar-refractivity contribution in [2.45, 2.75) is 6.92 Å². The minimum atomic E-state index is -0.257. The Morgan fingerprint density at radius 2 is 2.33 bits per heavy atom. The number of benzene rings is 1.